The van der Waals surface area contributed by atoms with Gasteiger partial charge in [-0.1, -0.05) is 73.9 Å². The molecule has 0 heterocycles. The van der Waals surface area contributed by atoms with E-state index in [1.165, 1.54) is 6.42 Å². The molecule has 3 rings (SSSR count). The van der Waals surface area contributed by atoms with Crippen molar-refractivity contribution in [2.24, 2.45) is 11.3 Å². The Labute approximate surface area is 167 Å². The summed E-state index contributed by atoms with van der Waals surface area (Å²) in [7, 11) is 0. The number of carboxylic acid groups (broad SMARTS) is 1. The molecule has 1 atom stereocenters. The summed E-state index contributed by atoms with van der Waals surface area (Å²) in [6.45, 7) is 2.38. The average Bonchev–Trinajstić information content (AvgIpc) is 2.65. The van der Waals surface area contributed by atoms with Gasteiger partial charge in [0.1, 0.15) is 0 Å². The average molecular weight is 380 g/mol. The number of aliphatic carboxylic acids is 1. The van der Waals surface area contributed by atoms with E-state index in [2.05, 4.69) is 5.32 Å². The number of nitrogens with one attached hydrogen (secondary N) is 1. The third-order valence-electron chi connectivity index (χ3n) is 5.79. The second-order valence-electron chi connectivity index (χ2n) is 8.30. The minimum atomic E-state index is -0.723. The number of carbonyl (C=O) groups is 2. The molecule has 2 aromatic carbocycles. The van der Waals surface area contributed by atoms with Crippen molar-refractivity contribution in [2.75, 3.05) is 0 Å². The van der Waals surface area contributed by atoms with Crippen LogP contribution in [0.5, 0.6) is 0 Å². The Morgan fingerprint density at radius 1 is 1.00 bits per heavy atom. The molecule has 0 bridgehead atoms. The minimum absolute atomic E-state index is 0.0167. The fraction of sp³-hybridized carbons (Fsp3) is 0.417. The molecule has 0 aliphatic heterocycles. The van der Waals surface area contributed by atoms with Gasteiger partial charge in [-0.05, 0) is 42.4 Å². The predicted octanol–water partition coefficient (Wildman–Crippen LogP) is 4.37. The van der Waals surface area contributed by atoms with Gasteiger partial charge in [-0.3, -0.25) is 9.59 Å². The summed E-state index contributed by atoms with van der Waals surface area (Å²) in [5.74, 6) is -0.186. The second kappa shape index (κ2) is 9.05. The van der Waals surface area contributed by atoms with E-state index in [-0.39, 0.29) is 5.91 Å². The van der Waals surface area contributed by atoms with Crippen LogP contribution in [0.25, 0.3) is 0 Å². The molecule has 2 N–H and O–H groups in total. The fourth-order valence-corrected chi connectivity index (χ4v) is 3.84. The van der Waals surface area contributed by atoms with Crippen molar-refractivity contribution < 1.29 is 14.7 Å². The van der Waals surface area contributed by atoms with E-state index in [1.54, 1.807) is 0 Å². The third kappa shape index (κ3) is 5.44. The highest BCUT2D eigenvalue weighted by molar-refractivity contribution is 5.78. The van der Waals surface area contributed by atoms with Crippen molar-refractivity contribution in [1.82, 2.24) is 5.32 Å². The maximum absolute atomic E-state index is 12.2. The minimum Gasteiger partial charge on any atom is -0.481 e. The van der Waals surface area contributed by atoms with Gasteiger partial charge < -0.3 is 10.4 Å². The highest BCUT2D eigenvalue weighted by atomic mass is 16.4. The van der Waals surface area contributed by atoms with Gasteiger partial charge in [0.25, 0.3) is 0 Å². The molecule has 1 aliphatic carbocycles. The third-order valence-corrected chi connectivity index (χ3v) is 5.79. The van der Waals surface area contributed by atoms with Gasteiger partial charge in [0.15, 0.2) is 0 Å². The van der Waals surface area contributed by atoms with E-state index in [0.717, 1.165) is 36.0 Å². The molecule has 0 spiro atoms. The number of carbonyl (C=O) groups excluding carboxylic acids is 1. The molecular formula is C24H29NO3. The summed E-state index contributed by atoms with van der Waals surface area (Å²) in [6.07, 6.45) is 5.12. The lowest BCUT2D eigenvalue weighted by Crippen LogP contribution is -2.34. The van der Waals surface area contributed by atoms with Crippen LogP contribution in [0.15, 0.2) is 54.6 Å². The first-order chi connectivity index (χ1) is 13.4. The first-order valence-corrected chi connectivity index (χ1v) is 10.1. The Balaban J connectivity index is 1.53. The molecule has 28 heavy (non-hydrogen) atoms. The molecule has 1 amide bonds. The van der Waals surface area contributed by atoms with E-state index in [1.807, 2.05) is 61.5 Å². The van der Waals surface area contributed by atoms with E-state index in [9.17, 15) is 14.7 Å². The first kappa shape index (κ1) is 20.1. The number of carboxylic acids is 1. The molecule has 1 saturated carbocycles. The molecule has 1 fully saturated rings. The zero-order valence-corrected chi connectivity index (χ0v) is 16.5. The fourth-order valence-electron chi connectivity index (χ4n) is 3.84. The highest BCUT2D eigenvalue weighted by Gasteiger charge is 2.37. The van der Waals surface area contributed by atoms with Gasteiger partial charge in [-0.25, -0.2) is 0 Å². The van der Waals surface area contributed by atoms with Crippen molar-refractivity contribution in [3.05, 3.63) is 71.3 Å². The number of hydrogen-bond donors (Lipinski definition) is 2. The predicted molar refractivity (Wildman–Crippen MR) is 110 cm³/mol. The lowest BCUT2D eigenvalue weighted by Gasteiger charge is -2.34. The van der Waals surface area contributed by atoms with Gasteiger partial charge in [0.2, 0.25) is 5.91 Å². The molecule has 148 valence electrons. The highest BCUT2D eigenvalue weighted by Crippen LogP contribution is 2.39. The molecule has 0 aromatic heterocycles. The van der Waals surface area contributed by atoms with Crippen LogP contribution in [0, 0.1) is 11.3 Å². The second-order valence-corrected chi connectivity index (χ2v) is 8.30. The van der Waals surface area contributed by atoms with Crippen LogP contribution in [0.1, 0.15) is 49.3 Å². The van der Waals surface area contributed by atoms with Crippen LogP contribution in [0.4, 0.5) is 0 Å². The van der Waals surface area contributed by atoms with E-state index in [0.29, 0.717) is 25.3 Å². The summed E-state index contributed by atoms with van der Waals surface area (Å²) < 4.78 is 0. The van der Waals surface area contributed by atoms with Gasteiger partial charge in [-0.2, -0.15) is 0 Å². The van der Waals surface area contributed by atoms with Gasteiger partial charge in [0.05, 0.1) is 11.8 Å². The lowest BCUT2D eigenvalue weighted by molar-refractivity contribution is -0.149. The monoisotopic (exact) mass is 379 g/mol. The zero-order chi connectivity index (χ0) is 20.0. The normalized spacial score (nSPS) is 16.0. The van der Waals surface area contributed by atoms with E-state index < -0.39 is 11.4 Å². The van der Waals surface area contributed by atoms with Crippen LogP contribution < -0.4 is 5.32 Å². The van der Waals surface area contributed by atoms with Gasteiger partial charge >= 0.3 is 5.97 Å². The van der Waals surface area contributed by atoms with Gasteiger partial charge in [0, 0.05) is 6.54 Å². The van der Waals surface area contributed by atoms with Crippen molar-refractivity contribution in [3.63, 3.8) is 0 Å². The first-order valence-electron chi connectivity index (χ1n) is 10.1. The van der Waals surface area contributed by atoms with Crippen LogP contribution in [0.2, 0.25) is 0 Å². The SMILES string of the molecule is CC(Cc1ccc(CC(=O)NCc2ccccc2)cc1)(CC1CCC1)C(=O)O. The zero-order valence-electron chi connectivity index (χ0n) is 16.5. The molecule has 1 aliphatic rings. The van der Waals surface area contributed by atoms with Crippen LogP contribution in [0.3, 0.4) is 0 Å². The lowest BCUT2D eigenvalue weighted by atomic mass is 9.70. The molecular weight excluding hydrogens is 350 g/mol. The summed E-state index contributed by atoms with van der Waals surface area (Å²) in [4.78, 5) is 24.0. The quantitative estimate of drug-likeness (QED) is 0.680. The standard InChI is InChI=1S/C24H29NO3/c1-24(23(27)28,15-19-8-5-9-19)16-20-12-10-18(11-13-20)14-22(26)25-17-21-6-3-2-4-7-21/h2-4,6-7,10-13,19H,5,8-9,14-17H2,1H3,(H,25,26)(H,27,28). The van der Waals surface area contributed by atoms with Crippen LogP contribution in [-0.2, 0) is 29.0 Å². The molecule has 0 saturated heterocycles. The Hall–Kier alpha value is -2.62. The molecule has 2 aromatic rings. The number of benzene rings is 2. The van der Waals surface area contributed by atoms with Crippen molar-refractivity contribution in [2.45, 2.75) is 52.0 Å². The molecule has 1 unspecified atom stereocenters. The summed E-state index contributed by atoms with van der Waals surface area (Å²) >= 11 is 0. The Bertz CT molecular complexity index is 796. The van der Waals surface area contributed by atoms with Crippen LogP contribution in [-0.4, -0.2) is 17.0 Å². The van der Waals surface area contributed by atoms with E-state index >= 15 is 0 Å². The molecule has 4 nitrogen and oxygen atoms in total. The Morgan fingerprint density at radius 2 is 1.64 bits per heavy atom. The van der Waals surface area contributed by atoms with Gasteiger partial charge in [-0.15, -0.1) is 0 Å². The Kier molecular flexibility index (Phi) is 6.50. The summed E-state index contributed by atoms with van der Waals surface area (Å²) in [5.41, 5.74) is 2.30. The molecule has 0 radical (unpaired) electrons. The summed E-state index contributed by atoms with van der Waals surface area (Å²) in [5, 5.41) is 12.7. The molecule has 4 heteroatoms. The maximum Gasteiger partial charge on any atom is 0.309 e. The van der Waals surface area contributed by atoms with Crippen molar-refractivity contribution >= 4 is 11.9 Å². The largest absolute Gasteiger partial charge is 0.481 e. The smallest absolute Gasteiger partial charge is 0.309 e. The van der Waals surface area contributed by atoms with Crippen LogP contribution >= 0.6 is 0 Å². The topological polar surface area (TPSA) is 66.4 Å². The van der Waals surface area contributed by atoms with E-state index in [4.69, 9.17) is 0 Å². The number of amides is 1. The Morgan fingerprint density at radius 3 is 2.21 bits per heavy atom. The number of rotatable bonds is 9. The van der Waals surface area contributed by atoms with Crippen molar-refractivity contribution in [1.29, 1.82) is 0 Å². The summed E-state index contributed by atoms with van der Waals surface area (Å²) in [6, 6.07) is 17.6. The number of hydrogen-bond acceptors (Lipinski definition) is 2. The van der Waals surface area contributed by atoms with Crippen molar-refractivity contribution in [3.8, 4) is 0 Å². The maximum atomic E-state index is 12.2.